The van der Waals surface area contributed by atoms with Crippen LogP contribution in [0.2, 0.25) is 5.02 Å². The van der Waals surface area contributed by atoms with Gasteiger partial charge in [0.05, 0.1) is 35.9 Å². The van der Waals surface area contributed by atoms with Crippen molar-refractivity contribution in [3.05, 3.63) is 77.1 Å². The van der Waals surface area contributed by atoms with E-state index in [4.69, 9.17) is 26.2 Å². The highest BCUT2D eigenvalue weighted by Crippen LogP contribution is 2.53. The van der Waals surface area contributed by atoms with Gasteiger partial charge in [-0.1, -0.05) is 29.8 Å². The van der Waals surface area contributed by atoms with E-state index in [0.717, 1.165) is 48.1 Å². The summed E-state index contributed by atoms with van der Waals surface area (Å²) >= 11 is 6.57. The Morgan fingerprint density at radius 1 is 1.00 bits per heavy atom. The second-order valence-electron chi connectivity index (χ2n) is 13.7. The molecule has 1 saturated heterocycles. The Kier molecular flexibility index (Phi) is 12.0. The number of sulfonamides is 1. The number of hydrogen-bond donors (Lipinski definition) is 7. The Morgan fingerprint density at radius 2 is 1.75 bits per heavy atom. The quantitative estimate of drug-likeness (QED) is 0.106. The van der Waals surface area contributed by atoms with Crippen LogP contribution < -0.4 is 15.4 Å². The van der Waals surface area contributed by atoms with Crippen LogP contribution in [0.1, 0.15) is 43.2 Å². The van der Waals surface area contributed by atoms with Gasteiger partial charge in [-0.05, 0) is 79.5 Å². The van der Waals surface area contributed by atoms with Gasteiger partial charge in [0.15, 0.2) is 0 Å². The van der Waals surface area contributed by atoms with Gasteiger partial charge in [0, 0.05) is 54.7 Å². The number of ether oxygens (including phenoxy) is 2. The number of pyridine rings is 1. The van der Waals surface area contributed by atoms with Gasteiger partial charge >= 0.3 is 6.03 Å². The molecule has 3 aliphatic rings. The Labute approximate surface area is 307 Å². The zero-order chi connectivity index (χ0) is 37.0. The van der Waals surface area contributed by atoms with E-state index in [1.54, 1.807) is 18.3 Å². The molecule has 3 aromatic rings. The fourth-order valence-electron chi connectivity index (χ4n) is 6.30. The van der Waals surface area contributed by atoms with Crippen molar-refractivity contribution in [2.24, 2.45) is 5.92 Å². The molecule has 3 fully saturated rings. The van der Waals surface area contributed by atoms with E-state index in [1.807, 2.05) is 36.5 Å². The summed E-state index contributed by atoms with van der Waals surface area (Å²) in [7, 11) is -3.90. The number of benzene rings is 2. The van der Waals surface area contributed by atoms with Crippen molar-refractivity contribution in [1.82, 2.24) is 19.9 Å². The topological polar surface area (TPSA) is 211 Å². The van der Waals surface area contributed by atoms with Gasteiger partial charge in [-0.15, -0.1) is 0 Å². The Balaban J connectivity index is 1.05. The molecule has 2 heterocycles. The first-order chi connectivity index (χ1) is 24.9. The van der Waals surface area contributed by atoms with Gasteiger partial charge in [0.1, 0.15) is 24.1 Å². The number of carbonyl (C=O) groups excluding carboxylic acids is 1. The smallest absolute Gasteiger partial charge is 0.314 e. The number of para-hydroxylation sites is 1. The number of amides is 2. The van der Waals surface area contributed by atoms with Gasteiger partial charge in [-0.25, -0.2) is 13.2 Å². The van der Waals surface area contributed by atoms with Crippen LogP contribution in [0.4, 0.5) is 4.79 Å². The fraction of sp³-hybridized carbons (Fsp3) is 0.500. The number of hydrogen-bond acceptors (Lipinski definition) is 11. The molecular formula is C36H45ClN4O10S. The number of rotatable bonds is 17. The first kappa shape index (κ1) is 38.3. The number of carbonyl (C=O) groups is 1. The minimum Gasteiger partial charge on any atom is -0.490 e. The van der Waals surface area contributed by atoms with Gasteiger partial charge < -0.3 is 45.6 Å². The number of aromatic nitrogens is 1. The van der Waals surface area contributed by atoms with Crippen molar-refractivity contribution in [3.63, 3.8) is 0 Å². The predicted octanol–water partition coefficient (Wildman–Crippen LogP) is 1.89. The monoisotopic (exact) mass is 760 g/mol. The first-order valence-corrected chi connectivity index (χ1v) is 19.2. The summed E-state index contributed by atoms with van der Waals surface area (Å²) in [5.74, 6) is 0.638. The Bertz CT molecular complexity index is 1830. The third-order valence-electron chi connectivity index (χ3n) is 9.77. The number of halogens is 1. The summed E-state index contributed by atoms with van der Waals surface area (Å²) in [5.41, 5.74) is 2.83. The molecule has 2 saturated carbocycles. The maximum absolute atomic E-state index is 13.7. The van der Waals surface area contributed by atoms with E-state index in [2.05, 4.69) is 15.6 Å². The zero-order valence-electron chi connectivity index (χ0n) is 28.5. The zero-order valence-corrected chi connectivity index (χ0v) is 30.0. The molecule has 5 unspecified atom stereocenters. The highest BCUT2D eigenvalue weighted by atomic mass is 35.5. The second kappa shape index (κ2) is 16.3. The SMILES string of the molecule is O=C(NCC1CCN(S(=O)(=O)c2ccc(Cl)c(COC3(c4cnccc4-c4ccccc4OC4CC4)CC3)c2)C1)NCC(O)C(O)C(O)C(O)CO. The van der Waals surface area contributed by atoms with Gasteiger partial charge in [-0.3, -0.25) is 4.98 Å². The molecule has 0 radical (unpaired) electrons. The van der Waals surface area contributed by atoms with E-state index in [1.165, 1.54) is 10.4 Å². The van der Waals surface area contributed by atoms with Crippen molar-refractivity contribution >= 4 is 27.7 Å². The largest absolute Gasteiger partial charge is 0.490 e. The molecular weight excluding hydrogens is 716 g/mol. The lowest BCUT2D eigenvalue weighted by atomic mass is 9.96. The molecule has 5 atom stereocenters. The molecule has 52 heavy (non-hydrogen) atoms. The molecule has 6 rings (SSSR count). The van der Waals surface area contributed by atoms with Crippen LogP contribution in [0.25, 0.3) is 11.1 Å². The summed E-state index contributed by atoms with van der Waals surface area (Å²) in [6.45, 7) is -0.601. The number of aliphatic hydroxyl groups is 5. The van der Waals surface area contributed by atoms with Crippen LogP contribution in [-0.2, 0) is 27.0 Å². The minimum absolute atomic E-state index is 0.0842. The van der Waals surface area contributed by atoms with Gasteiger partial charge in [0.2, 0.25) is 10.0 Å². The molecule has 0 bridgehead atoms. The van der Waals surface area contributed by atoms with E-state index < -0.39 is 59.2 Å². The molecule has 2 aromatic carbocycles. The van der Waals surface area contributed by atoms with Gasteiger partial charge in [0.25, 0.3) is 0 Å². The summed E-state index contributed by atoms with van der Waals surface area (Å²) < 4.78 is 41.5. The highest BCUT2D eigenvalue weighted by Gasteiger charge is 2.48. The third-order valence-corrected chi connectivity index (χ3v) is 12.0. The molecule has 2 aliphatic carbocycles. The molecule has 2 amide bonds. The van der Waals surface area contributed by atoms with Crippen LogP contribution >= 0.6 is 11.6 Å². The lowest BCUT2D eigenvalue weighted by molar-refractivity contribution is -0.113. The standard InChI is InChI=1S/C36H45ClN4O10S/c37-29-8-7-25(52(48,49)41-14-10-22(19-41)16-39-35(47)40-18-30(43)33(45)34(46)31(44)20-42)15-23(29)21-50-36(11-12-36)28-17-38-13-9-26(28)27-3-1-2-4-32(27)51-24-5-6-24/h1-4,7-9,13,15,17,22,24,30-31,33-34,42-46H,5-6,10-12,14,16,18-21H2,(H2,39,40,47). The van der Waals surface area contributed by atoms with Crippen LogP contribution in [0.5, 0.6) is 5.75 Å². The average Bonchev–Trinajstić information content (AvgIpc) is 4.09. The average molecular weight is 761 g/mol. The third kappa shape index (κ3) is 8.86. The maximum Gasteiger partial charge on any atom is 0.314 e. The number of nitrogens with one attached hydrogen (secondary N) is 2. The van der Waals surface area contributed by atoms with Crippen LogP contribution in [0.15, 0.2) is 65.8 Å². The normalized spacial score (nSPS) is 20.8. The maximum atomic E-state index is 13.7. The van der Waals surface area contributed by atoms with E-state index in [0.29, 0.717) is 17.0 Å². The molecule has 282 valence electrons. The molecule has 7 N–H and O–H groups in total. The van der Waals surface area contributed by atoms with Crippen molar-refractivity contribution in [2.75, 3.05) is 32.8 Å². The molecule has 1 aromatic heterocycles. The first-order valence-electron chi connectivity index (χ1n) is 17.4. The fourth-order valence-corrected chi connectivity index (χ4v) is 8.06. The number of urea groups is 1. The molecule has 14 nitrogen and oxygen atoms in total. The molecule has 1 aliphatic heterocycles. The minimum atomic E-state index is -3.90. The highest BCUT2D eigenvalue weighted by molar-refractivity contribution is 7.89. The summed E-state index contributed by atoms with van der Waals surface area (Å²) in [6, 6.07) is 13.8. The van der Waals surface area contributed by atoms with Crippen LogP contribution in [0, 0.1) is 5.92 Å². The predicted molar refractivity (Wildman–Crippen MR) is 190 cm³/mol. The number of nitrogens with zero attached hydrogens (tertiary/aromatic N) is 2. The van der Waals surface area contributed by atoms with Gasteiger partial charge in [-0.2, -0.15) is 4.31 Å². The van der Waals surface area contributed by atoms with Crippen molar-refractivity contribution in [3.8, 4) is 16.9 Å². The number of aliphatic hydroxyl groups excluding tert-OH is 5. The molecule has 0 spiro atoms. The second-order valence-corrected chi connectivity index (χ2v) is 16.0. The van der Waals surface area contributed by atoms with Crippen molar-refractivity contribution < 1.29 is 48.2 Å². The van der Waals surface area contributed by atoms with Crippen molar-refractivity contribution in [1.29, 1.82) is 0 Å². The lowest BCUT2D eigenvalue weighted by Crippen LogP contribution is -2.51. The molecule has 16 heteroatoms. The van der Waals surface area contributed by atoms with E-state index in [-0.39, 0.29) is 43.2 Å². The van der Waals surface area contributed by atoms with Crippen LogP contribution in [0.3, 0.4) is 0 Å². The summed E-state index contributed by atoms with van der Waals surface area (Å²) in [6.07, 6.45) is 1.07. The van der Waals surface area contributed by atoms with E-state index in [9.17, 15) is 33.6 Å². The van der Waals surface area contributed by atoms with E-state index >= 15 is 0 Å². The summed E-state index contributed by atoms with van der Waals surface area (Å²) in [5, 5.41) is 53.3. The lowest BCUT2D eigenvalue weighted by Gasteiger charge is -2.25. The van der Waals surface area contributed by atoms with Crippen molar-refractivity contribution in [2.45, 2.75) is 79.7 Å². The Hall–Kier alpha value is -3.38. The van der Waals surface area contributed by atoms with Crippen LogP contribution in [-0.4, -0.2) is 113 Å². The Morgan fingerprint density at radius 3 is 2.48 bits per heavy atom. The summed E-state index contributed by atoms with van der Waals surface area (Å²) in [4.78, 5) is 16.8.